The lowest BCUT2D eigenvalue weighted by Gasteiger charge is -1.99. The van der Waals surface area contributed by atoms with Gasteiger partial charge in [0.05, 0.1) is 0 Å². The molecule has 2 heteroatoms. The van der Waals surface area contributed by atoms with E-state index >= 15 is 0 Å². The van der Waals surface area contributed by atoms with Gasteiger partial charge in [-0.25, -0.2) is 4.39 Å². The zero-order valence-electron chi connectivity index (χ0n) is 6.80. The number of hydrogen-bond acceptors (Lipinski definition) is 1. The Bertz CT molecular complexity index is 114. The van der Waals surface area contributed by atoms with Gasteiger partial charge in [-0.15, -0.1) is 0 Å². The minimum atomic E-state index is -0.509. The van der Waals surface area contributed by atoms with Gasteiger partial charge in [0.25, 0.3) is 0 Å². The standard InChI is InChI=1S/C8H15FS/c1-4-10-8-6(5(2)3)7(8)9/h5-8H,4H2,1-3H3/t6-,7+,8-/m0/s1. The molecule has 0 aromatic rings. The van der Waals surface area contributed by atoms with E-state index in [9.17, 15) is 4.39 Å². The van der Waals surface area contributed by atoms with Crippen molar-refractivity contribution in [3.05, 3.63) is 0 Å². The smallest absolute Gasteiger partial charge is 0.116 e. The average Bonchev–Trinajstić information content (AvgIpc) is 2.43. The molecule has 1 aliphatic rings. The summed E-state index contributed by atoms with van der Waals surface area (Å²) in [5.41, 5.74) is 0. The molecular weight excluding hydrogens is 147 g/mol. The molecule has 3 atom stereocenters. The van der Waals surface area contributed by atoms with Crippen molar-refractivity contribution in [2.24, 2.45) is 11.8 Å². The molecule has 0 amide bonds. The van der Waals surface area contributed by atoms with E-state index in [1.807, 2.05) is 0 Å². The highest BCUT2D eigenvalue weighted by molar-refractivity contribution is 8.00. The average molecular weight is 162 g/mol. The molecule has 1 fully saturated rings. The van der Waals surface area contributed by atoms with E-state index in [1.54, 1.807) is 11.8 Å². The molecule has 0 aliphatic heterocycles. The van der Waals surface area contributed by atoms with Gasteiger partial charge < -0.3 is 0 Å². The third-order valence-electron chi connectivity index (χ3n) is 2.05. The van der Waals surface area contributed by atoms with Crippen LogP contribution in [0, 0.1) is 11.8 Å². The molecule has 0 nitrogen and oxygen atoms in total. The highest BCUT2D eigenvalue weighted by Crippen LogP contribution is 2.48. The van der Waals surface area contributed by atoms with Crippen LogP contribution in [0.1, 0.15) is 20.8 Å². The summed E-state index contributed by atoms with van der Waals surface area (Å²) in [6, 6.07) is 0. The second-order valence-electron chi connectivity index (χ2n) is 3.19. The maximum atomic E-state index is 12.9. The van der Waals surface area contributed by atoms with Crippen molar-refractivity contribution in [2.45, 2.75) is 32.2 Å². The van der Waals surface area contributed by atoms with Crippen molar-refractivity contribution in [1.82, 2.24) is 0 Å². The van der Waals surface area contributed by atoms with Gasteiger partial charge >= 0.3 is 0 Å². The molecule has 1 saturated carbocycles. The second-order valence-corrected chi connectivity index (χ2v) is 4.64. The first-order chi connectivity index (χ1) is 4.68. The van der Waals surface area contributed by atoms with Gasteiger partial charge in [-0.05, 0) is 11.7 Å². The van der Waals surface area contributed by atoms with Crippen LogP contribution in [0.25, 0.3) is 0 Å². The van der Waals surface area contributed by atoms with Crippen LogP contribution in [0.4, 0.5) is 4.39 Å². The van der Waals surface area contributed by atoms with E-state index in [0.29, 0.717) is 17.1 Å². The Morgan fingerprint density at radius 1 is 1.50 bits per heavy atom. The lowest BCUT2D eigenvalue weighted by atomic mass is 10.1. The number of alkyl halides is 1. The minimum Gasteiger partial charge on any atom is -0.246 e. The molecule has 10 heavy (non-hydrogen) atoms. The third kappa shape index (κ3) is 1.47. The Balaban J connectivity index is 2.27. The molecule has 1 aliphatic carbocycles. The summed E-state index contributed by atoms with van der Waals surface area (Å²) in [6.45, 7) is 6.30. The van der Waals surface area contributed by atoms with E-state index in [0.717, 1.165) is 5.75 Å². The molecule has 0 bridgehead atoms. The highest BCUT2D eigenvalue weighted by Gasteiger charge is 2.52. The fourth-order valence-electron chi connectivity index (χ4n) is 1.41. The summed E-state index contributed by atoms with van der Waals surface area (Å²) in [6.07, 6.45) is -0.509. The van der Waals surface area contributed by atoms with E-state index in [4.69, 9.17) is 0 Å². The second kappa shape index (κ2) is 3.12. The predicted octanol–water partition coefficient (Wildman–Crippen LogP) is 2.73. The van der Waals surface area contributed by atoms with Crippen molar-refractivity contribution < 1.29 is 4.39 Å². The lowest BCUT2D eigenvalue weighted by molar-refractivity contribution is 0.403. The van der Waals surface area contributed by atoms with Crippen molar-refractivity contribution >= 4 is 11.8 Å². The first kappa shape index (κ1) is 8.38. The maximum absolute atomic E-state index is 12.9. The molecular formula is C8H15FS. The van der Waals surface area contributed by atoms with Gasteiger partial charge in [0.2, 0.25) is 0 Å². The Hall–Kier alpha value is 0.280. The lowest BCUT2D eigenvalue weighted by Crippen LogP contribution is -1.93. The Kier molecular flexibility index (Phi) is 2.61. The predicted molar refractivity (Wildman–Crippen MR) is 45.1 cm³/mol. The van der Waals surface area contributed by atoms with Crippen LogP contribution in [0.2, 0.25) is 0 Å². The molecule has 0 heterocycles. The Morgan fingerprint density at radius 2 is 2.10 bits per heavy atom. The maximum Gasteiger partial charge on any atom is 0.116 e. The molecule has 1 rings (SSSR count). The van der Waals surface area contributed by atoms with Crippen LogP contribution >= 0.6 is 11.8 Å². The highest BCUT2D eigenvalue weighted by atomic mass is 32.2. The fraction of sp³-hybridized carbons (Fsp3) is 1.00. The van der Waals surface area contributed by atoms with Gasteiger partial charge in [0.1, 0.15) is 6.17 Å². The summed E-state index contributed by atoms with van der Waals surface area (Å²) < 4.78 is 12.9. The first-order valence-electron chi connectivity index (χ1n) is 3.94. The normalized spacial score (nSPS) is 38.7. The van der Waals surface area contributed by atoms with Crippen LogP contribution in [0.3, 0.4) is 0 Å². The van der Waals surface area contributed by atoms with Crippen molar-refractivity contribution in [2.75, 3.05) is 5.75 Å². The molecule has 0 N–H and O–H groups in total. The largest absolute Gasteiger partial charge is 0.246 e. The van der Waals surface area contributed by atoms with E-state index < -0.39 is 6.17 Å². The van der Waals surface area contributed by atoms with Gasteiger partial charge in [-0.1, -0.05) is 20.8 Å². The van der Waals surface area contributed by atoms with Crippen LogP contribution in [0.15, 0.2) is 0 Å². The molecule has 0 spiro atoms. The van der Waals surface area contributed by atoms with E-state index in [-0.39, 0.29) is 0 Å². The molecule has 0 aromatic heterocycles. The van der Waals surface area contributed by atoms with Crippen molar-refractivity contribution in [3.63, 3.8) is 0 Å². The summed E-state index contributed by atoms with van der Waals surface area (Å²) in [5, 5.41) is 0.324. The Morgan fingerprint density at radius 3 is 2.40 bits per heavy atom. The molecule has 0 unspecified atom stereocenters. The number of hydrogen-bond donors (Lipinski definition) is 0. The third-order valence-corrected chi connectivity index (χ3v) is 3.34. The number of halogens is 1. The minimum absolute atomic E-state index is 0.324. The van der Waals surface area contributed by atoms with Crippen LogP contribution in [-0.4, -0.2) is 17.2 Å². The fourth-order valence-corrected chi connectivity index (χ4v) is 2.76. The van der Waals surface area contributed by atoms with Crippen molar-refractivity contribution in [1.29, 1.82) is 0 Å². The quantitative estimate of drug-likeness (QED) is 0.615. The summed E-state index contributed by atoms with van der Waals surface area (Å²) in [4.78, 5) is 0. The Labute approximate surface area is 66.6 Å². The van der Waals surface area contributed by atoms with Gasteiger partial charge in [0.15, 0.2) is 0 Å². The van der Waals surface area contributed by atoms with Gasteiger partial charge in [0, 0.05) is 11.2 Å². The van der Waals surface area contributed by atoms with Gasteiger partial charge in [-0.3, -0.25) is 0 Å². The number of thioether (sulfide) groups is 1. The van der Waals surface area contributed by atoms with E-state index in [1.165, 1.54) is 0 Å². The first-order valence-corrected chi connectivity index (χ1v) is 4.99. The van der Waals surface area contributed by atoms with Crippen LogP contribution < -0.4 is 0 Å². The summed E-state index contributed by atoms with van der Waals surface area (Å²) in [5.74, 6) is 1.93. The van der Waals surface area contributed by atoms with Crippen molar-refractivity contribution in [3.8, 4) is 0 Å². The van der Waals surface area contributed by atoms with E-state index in [2.05, 4.69) is 20.8 Å². The van der Waals surface area contributed by atoms with Crippen LogP contribution in [-0.2, 0) is 0 Å². The molecule has 0 aromatic carbocycles. The molecule has 0 radical (unpaired) electrons. The molecule has 60 valence electrons. The SMILES string of the molecule is CCS[C@@H]1[C@H](F)[C@@H]1C(C)C. The zero-order valence-corrected chi connectivity index (χ0v) is 7.62. The number of rotatable bonds is 3. The molecule has 0 saturated heterocycles. The van der Waals surface area contributed by atoms with Crippen LogP contribution in [0.5, 0.6) is 0 Å². The zero-order chi connectivity index (χ0) is 7.72. The monoisotopic (exact) mass is 162 g/mol. The summed E-state index contributed by atoms with van der Waals surface area (Å²) in [7, 11) is 0. The van der Waals surface area contributed by atoms with Gasteiger partial charge in [-0.2, -0.15) is 11.8 Å². The topological polar surface area (TPSA) is 0 Å². The summed E-state index contributed by atoms with van der Waals surface area (Å²) >= 11 is 1.77.